The van der Waals surface area contributed by atoms with Crippen LogP contribution in [0.15, 0.2) is 108 Å². The van der Waals surface area contributed by atoms with E-state index in [0.717, 1.165) is 4.90 Å². The zero-order valence-corrected chi connectivity index (χ0v) is 23.9. The summed E-state index contributed by atoms with van der Waals surface area (Å²) in [6, 6.07) is 26.6. The lowest BCUT2D eigenvalue weighted by molar-refractivity contribution is -0.384. The molecule has 0 heterocycles. The van der Waals surface area contributed by atoms with Crippen LogP contribution in [0.5, 0.6) is 0 Å². The summed E-state index contributed by atoms with van der Waals surface area (Å²) >= 11 is 7.57. The first kappa shape index (κ1) is 30.0. The molecule has 0 atom stereocenters. The number of carbonyl (C=O) groups excluding carboxylic acids is 3. The minimum absolute atomic E-state index is 0.00798. The second-order valence-corrected chi connectivity index (χ2v) is 10.4. The molecule has 0 fully saturated rings. The van der Waals surface area contributed by atoms with Crippen LogP contribution in [0, 0.1) is 17.0 Å². The molecule has 212 valence electrons. The van der Waals surface area contributed by atoms with Gasteiger partial charge in [-0.1, -0.05) is 48.0 Å². The number of nitrogens with zero attached hydrogens (tertiary/aromatic N) is 1. The van der Waals surface area contributed by atoms with Crippen LogP contribution in [0.4, 0.5) is 17.1 Å². The van der Waals surface area contributed by atoms with Crippen molar-refractivity contribution in [1.29, 1.82) is 0 Å². The van der Waals surface area contributed by atoms with Gasteiger partial charge in [0.05, 0.1) is 10.7 Å². The molecule has 0 saturated heterocycles. The van der Waals surface area contributed by atoms with E-state index in [-0.39, 0.29) is 23.0 Å². The summed E-state index contributed by atoms with van der Waals surface area (Å²) in [6.45, 7) is 1.69. The highest BCUT2D eigenvalue weighted by atomic mass is 35.5. The molecular formula is C31H25ClN4O5S. The van der Waals surface area contributed by atoms with Crippen LogP contribution < -0.4 is 16.0 Å². The Bertz CT molecular complexity index is 1660. The van der Waals surface area contributed by atoms with Crippen molar-refractivity contribution in [1.82, 2.24) is 5.32 Å². The predicted octanol–water partition coefficient (Wildman–Crippen LogP) is 6.70. The summed E-state index contributed by atoms with van der Waals surface area (Å²) in [5.74, 6) is -1.15. The highest BCUT2D eigenvalue weighted by molar-refractivity contribution is 8.00. The number of amides is 3. The third-order valence-corrected chi connectivity index (χ3v) is 7.27. The maximum absolute atomic E-state index is 13.2. The van der Waals surface area contributed by atoms with E-state index in [1.807, 2.05) is 0 Å². The lowest BCUT2D eigenvalue weighted by Gasteiger charge is -2.12. The Labute approximate surface area is 251 Å². The van der Waals surface area contributed by atoms with Crippen LogP contribution in [-0.4, -0.2) is 28.4 Å². The second kappa shape index (κ2) is 14.1. The number of thioether (sulfide) groups is 1. The normalized spacial score (nSPS) is 11.0. The van der Waals surface area contributed by atoms with E-state index in [4.69, 9.17) is 11.6 Å². The van der Waals surface area contributed by atoms with Gasteiger partial charge in [-0.3, -0.25) is 24.5 Å². The lowest BCUT2D eigenvalue weighted by Crippen LogP contribution is -2.30. The second-order valence-electron chi connectivity index (χ2n) is 8.97. The number of hydrogen-bond acceptors (Lipinski definition) is 6. The summed E-state index contributed by atoms with van der Waals surface area (Å²) in [5.41, 5.74) is 2.49. The fraction of sp³-hybridized carbons (Fsp3) is 0.0645. The predicted molar refractivity (Wildman–Crippen MR) is 166 cm³/mol. The molecule has 11 heteroatoms. The van der Waals surface area contributed by atoms with Gasteiger partial charge >= 0.3 is 0 Å². The molecule has 0 spiro atoms. The molecule has 0 aliphatic carbocycles. The highest BCUT2D eigenvalue weighted by Gasteiger charge is 2.16. The first-order valence-corrected chi connectivity index (χ1v) is 14.0. The molecule has 0 aliphatic rings. The van der Waals surface area contributed by atoms with Crippen molar-refractivity contribution in [3.8, 4) is 0 Å². The van der Waals surface area contributed by atoms with Gasteiger partial charge in [-0.05, 0) is 72.7 Å². The molecule has 0 aliphatic heterocycles. The van der Waals surface area contributed by atoms with Gasteiger partial charge in [0, 0.05) is 39.0 Å². The smallest absolute Gasteiger partial charge is 0.272 e. The minimum Gasteiger partial charge on any atom is -0.325 e. The number of halogens is 1. The molecule has 0 unspecified atom stereocenters. The molecule has 0 aromatic heterocycles. The summed E-state index contributed by atoms with van der Waals surface area (Å²) < 4.78 is 0. The van der Waals surface area contributed by atoms with E-state index in [0.29, 0.717) is 33.1 Å². The Hall–Kier alpha value is -4.93. The summed E-state index contributed by atoms with van der Waals surface area (Å²) in [4.78, 5) is 49.7. The Morgan fingerprint density at radius 3 is 2.26 bits per heavy atom. The van der Waals surface area contributed by atoms with Gasteiger partial charge < -0.3 is 16.0 Å². The average Bonchev–Trinajstić information content (AvgIpc) is 2.98. The number of benzene rings is 4. The van der Waals surface area contributed by atoms with E-state index in [1.165, 1.54) is 36.0 Å². The van der Waals surface area contributed by atoms with Crippen LogP contribution in [0.2, 0.25) is 5.02 Å². The number of hydrogen-bond donors (Lipinski definition) is 3. The summed E-state index contributed by atoms with van der Waals surface area (Å²) in [7, 11) is 0. The van der Waals surface area contributed by atoms with E-state index >= 15 is 0 Å². The Kier molecular flexibility index (Phi) is 10.1. The standard InChI is InChI=1S/C31H25ClN4O5S/c1-20-17-24(36(40)41)13-16-27(20)34-29(37)19-42-25-14-11-23(12-15-25)33-31(39)28(18-22-9-5-6-10-26(22)32)35-30(38)21-7-3-2-4-8-21/h2-18H,19H2,1H3,(H,33,39)(H,34,37)(H,35,38)/b28-18-. The molecule has 42 heavy (non-hydrogen) atoms. The first-order valence-electron chi connectivity index (χ1n) is 12.6. The monoisotopic (exact) mass is 600 g/mol. The van der Waals surface area contributed by atoms with E-state index in [2.05, 4.69) is 16.0 Å². The highest BCUT2D eigenvalue weighted by Crippen LogP contribution is 2.24. The van der Waals surface area contributed by atoms with Crippen LogP contribution in [0.25, 0.3) is 6.08 Å². The molecule has 0 saturated carbocycles. The van der Waals surface area contributed by atoms with Crippen molar-refractivity contribution in [2.45, 2.75) is 11.8 Å². The maximum Gasteiger partial charge on any atom is 0.272 e. The minimum atomic E-state index is -0.544. The molecular weight excluding hydrogens is 576 g/mol. The van der Waals surface area contributed by atoms with Gasteiger partial charge in [-0.15, -0.1) is 11.8 Å². The van der Waals surface area contributed by atoms with Gasteiger partial charge in [-0.2, -0.15) is 0 Å². The lowest BCUT2D eigenvalue weighted by atomic mass is 10.1. The molecule has 4 rings (SSSR count). The van der Waals surface area contributed by atoms with Gasteiger partial charge in [0.25, 0.3) is 17.5 Å². The van der Waals surface area contributed by atoms with Crippen molar-refractivity contribution in [2.75, 3.05) is 16.4 Å². The Morgan fingerprint density at radius 2 is 1.60 bits per heavy atom. The van der Waals surface area contributed by atoms with Crippen molar-refractivity contribution in [2.24, 2.45) is 0 Å². The van der Waals surface area contributed by atoms with Gasteiger partial charge in [0.2, 0.25) is 5.91 Å². The van der Waals surface area contributed by atoms with Crippen molar-refractivity contribution < 1.29 is 19.3 Å². The fourth-order valence-corrected chi connectivity index (χ4v) is 4.65. The molecule has 4 aromatic carbocycles. The topological polar surface area (TPSA) is 130 Å². The molecule has 9 nitrogen and oxygen atoms in total. The zero-order valence-electron chi connectivity index (χ0n) is 22.3. The molecule has 0 radical (unpaired) electrons. The van der Waals surface area contributed by atoms with Gasteiger partial charge in [-0.25, -0.2) is 0 Å². The van der Waals surface area contributed by atoms with Crippen molar-refractivity contribution in [3.63, 3.8) is 0 Å². The molecule has 4 aromatic rings. The number of aryl methyl sites for hydroxylation is 1. The van der Waals surface area contributed by atoms with E-state index < -0.39 is 16.7 Å². The summed E-state index contributed by atoms with van der Waals surface area (Å²) in [6.07, 6.45) is 1.51. The quantitative estimate of drug-likeness (QED) is 0.0804. The number of nitrogens with one attached hydrogen (secondary N) is 3. The van der Waals surface area contributed by atoms with E-state index in [9.17, 15) is 24.5 Å². The SMILES string of the molecule is Cc1cc([N+](=O)[O-])ccc1NC(=O)CSc1ccc(NC(=O)/C(=C/c2ccccc2Cl)NC(=O)c2ccccc2)cc1. The zero-order chi connectivity index (χ0) is 30.1. The summed E-state index contributed by atoms with van der Waals surface area (Å²) in [5, 5.41) is 19.5. The number of non-ortho nitro benzene ring substituents is 1. The number of rotatable bonds is 10. The fourth-order valence-electron chi connectivity index (χ4n) is 3.76. The molecule has 3 amide bonds. The maximum atomic E-state index is 13.2. The number of anilines is 2. The van der Waals surface area contributed by atoms with Crippen LogP contribution >= 0.6 is 23.4 Å². The number of nitro groups is 1. The number of carbonyl (C=O) groups is 3. The van der Waals surface area contributed by atoms with Gasteiger partial charge in [0.15, 0.2) is 0 Å². The average molecular weight is 601 g/mol. The van der Waals surface area contributed by atoms with Crippen molar-refractivity contribution >= 4 is 64.2 Å². The van der Waals surface area contributed by atoms with Crippen LogP contribution in [0.1, 0.15) is 21.5 Å². The van der Waals surface area contributed by atoms with Crippen LogP contribution in [0.3, 0.4) is 0 Å². The molecule has 0 bridgehead atoms. The third-order valence-electron chi connectivity index (χ3n) is 5.91. The van der Waals surface area contributed by atoms with Crippen LogP contribution in [-0.2, 0) is 9.59 Å². The van der Waals surface area contributed by atoms with E-state index in [1.54, 1.807) is 85.8 Å². The Balaban J connectivity index is 1.39. The third kappa shape index (κ3) is 8.29. The largest absolute Gasteiger partial charge is 0.325 e. The van der Waals surface area contributed by atoms with Crippen molar-refractivity contribution in [3.05, 3.63) is 135 Å². The Morgan fingerprint density at radius 1 is 0.905 bits per heavy atom. The number of nitro benzene ring substituents is 1. The molecule has 3 N–H and O–H groups in total. The van der Waals surface area contributed by atoms with Gasteiger partial charge in [0.1, 0.15) is 5.70 Å². The first-order chi connectivity index (χ1) is 20.2.